The highest BCUT2D eigenvalue weighted by Crippen LogP contribution is 2.27. The molecule has 2 atom stereocenters. The molecule has 2 aromatic rings. The van der Waals surface area contributed by atoms with Crippen molar-refractivity contribution in [1.82, 2.24) is 15.2 Å². The van der Waals surface area contributed by atoms with Crippen molar-refractivity contribution in [2.24, 2.45) is 0 Å². The topological polar surface area (TPSA) is 54.5 Å². The van der Waals surface area contributed by atoms with E-state index in [9.17, 15) is 4.79 Å². The van der Waals surface area contributed by atoms with Gasteiger partial charge in [-0.25, -0.2) is 4.79 Å². The molecule has 25 heavy (non-hydrogen) atoms. The number of aromatic nitrogens is 1. The highest BCUT2D eigenvalue weighted by Gasteiger charge is 2.31. The van der Waals surface area contributed by atoms with Gasteiger partial charge in [0.2, 0.25) is 0 Å². The van der Waals surface area contributed by atoms with Crippen molar-refractivity contribution in [1.29, 1.82) is 0 Å². The van der Waals surface area contributed by atoms with E-state index in [-0.39, 0.29) is 18.2 Å². The molecule has 0 bridgehead atoms. The Bertz CT molecular complexity index is 747. The third-order valence-corrected chi connectivity index (χ3v) is 4.80. The molecule has 2 amide bonds. The van der Waals surface area contributed by atoms with E-state index in [2.05, 4.69) is 29.4 Å². The Morgan fingerprint density at radius 2 is 2.08 bits per heavy atom. The summed E-state index contributed by atoms with van der Waals surface area (Å²) in [5.74, 6) is 0. The lowest BCUT2D eigenvalue weighted by atomic mass is 10.0. The van der Waals surface area contributed by atoms with E-state index < -0.39 is 0 Å². The molecule has 1 saturated heterocycles. The Morgan fingerprint density at radius 1 is 1.28 bits per heavy atom. The first-order valence-electron chi connectivity index (χ1n) is 8.67. The molecule has 1 N–H and O–H groups in total. The maximum absolute atomic E-state index is 12.7. The van der Waals surface area contributed by atoms with Crippen LogP contribution in [0.1, 0.15) is 35.3 Å². The second-order valence-electron chi connectivity index (χ2n) is 6.64. The van der Waals surface area contributed by atoms with E-state index in [0.29, 0.717) is 19.7 Å². The van der Waals surface area contributed by atoms with Crippen molar-refractivity contribution in [2.45, 2.75) is 39.5 Å². The minimum absolute atomic E-state index is 0.0504. The van der Waals surface area contributed by atoms with Gasteiger partial charge in [-0.3, -0.25) is 4.98 Å². The summed E-state index contributed by atoms with van der Waals surface area (Å²) in [5.41, 5.74) is 4.50. The molecule has 5 heteroatoms. The van der Waals surface area contributed by atoms with E-state index >= 15 is 0 Å². The smallest absolute Gasteiger partial charge is 0.318 e. The van der Waals surface area contributed by atoms with E-state index in [1.165, 1.54) is 5.56 Å². The number of aryl methyl sites for hydroxylation is 2. The Hall–Kier alpha value is -2.40. The number of urea groups is 1. The van der Waals surface area contributed by atoms with Gasteiger partial charge in [-0.1, -0.05) is 24.3 Å². The van der Waals surface area contributed by atoms with Gasteiger partial charge >= 0.3 is 6.03 Å². The molecule has 1 fully saturated rings. The Kier molecular flexibility index (Phi) is 5.34. The zero-order valence-electron chi connectivity index (χ0n) is 15.0. The predicted molar refractivity (Wildman–Crippen MR) is 97.2 cm³/mol. The molecule has 2 heterocycles. The van der Waals surface area contributed by atoms with Crippen LogP contribution >= 0.6 is 0 Å². The summed E-state index contributed by atoms with van der Waals surface area (Å²) in [5, 5.41) is 3.03. The van der Waals surface area contributed by atoms with Gasteiger partial charge in [0.25, 0.3) is 0 Å². The molecule has 0 saturated carbocycles. The van der Waals surface area contributed by atoms with Crippen LogP contribution in [0.15, 0.2) is 42.7 Å². The number of pyridine rings is 1. The fourth-order valence-corrected chi connectivity index (χ4v) is 3.15. The van der Waals surface area contributed by atoms with Crippen LogP contribution in [0.25, 0.3) is 0 Å². The number of nitrogens with zero attached hydrogens (tertiary/aromatic N) is 2. The first kappa shape index (κ1) is 17.4. The number of ether oxygens (including phenoxy) is 1. The summed E-state index contributed by atoms with van der Waals surface area (Å²) in [6, 6.07) is 10.1. The van der Waals surface area contributed by atoms with E-state index in [1.54, 1.807) is 6.20 Å². The maximum atomic E-state index is 12.7. The van der Waals surface area contributed by atoms with Gasteiger partial charge in [0.1, 0.15) is 6.10 Å². The lowest BCUT2D eigenvalue weighted by Gasteiger charge is -2.38. The third-order valence-electron chi connectivity index (χ3n) is 4.80. The average molecular weight is 339 g/mol. The van der Waals surface area contributed by atoms with Crippen molar-refractivity contribution in [3.63, 3.8) is 0 Å². The maximum Gasteiger partial charge on any atom is 0.318 e. The van der Waals surface area contributed by atoms with Crippen LogP contribution in [0.2, 0.25) is 0 Å². The minimum Gasteiger partial charge on any atom is -0.370 e. The normalized spacial score (nSPS) is 20.4. The monoisotopic (exact) mass is 339 g/mol. The van der Waals surface area contributed by atoms with Crippen LogP contribution < -0.4 is 5.32 Å². The molecular formula is C20H25N3O2. The summed E-state index contributed by atoms with van der Waals surface area (Å²) >= 11 is 0. The molecule has 3 rings (SSSR count). The van der Waals surface area contributed by atoms with Crippen molar-refractivity contribution in [3.05, 3.63) is 65.0 Å². The summed E-state index contributed by atoms with van der Waals surface area (Å²) in [6.45, 7) is 7.71. The molecule has 1 aliphatic heterocycles. The fourth-order valence-electron chi connectivity index (χ4n) is 3.15. The molecule has 0 aliphatic carbocycles. The van der Waals surface area contributed by atoms with Crippen molar-refractivity contribution in [2.75, 3.05) is 13.2 Å². The van der Waals surface area contributed by atoms with Crippen LogP contribution in [0.3, 0.4) is 0 Å². The number of benzene rings is 1. The predicted octanol–water partition coefficient (Wildman–Crippen LogP) is 3.37. The highest BCUT2D eigenvalue weighted by atomic mass is 16.5. The summed E-state index contributed by atoms with van der Waals surface area (Å²) < 4.78 is 5.99. The first-order chi connectivity index (χ1) is 12.1. The quantitative estimate of drug-likeness (QED) is 0.933. The van der Waals surface area contributed by atoms with Gasteiger partial charge in [0, 0.05) is 18.9 Å². The van der Waals surface area contributed by atoms with Crippen molar-refractivity contribution < 1.29 is 9.53 Å². The lowest BCUT2D eigenvalue weighted by Crippen LogP contribution is -2.52. The molecular weight excluding hydrogens is 314 g/mol. The standard InChI is InChI=1S/C20H25N3O2/c1-14-6-4-5-7-18(14)19-12-23(16(3)13-25-19)20(24)22-11-17-8-9-21-10-15(17)2/h4-10,16,19H,11-13H2,1-3H3,(H,22,24)/t16-,19-/m0/s1. The van der Waals surface area contributed by atoms with Crippen molar-refractivity contribution >= 4 is 6.03 Å². The summed E-state index contributed by atoms with van der Waals surface area (Å²) in [4.78, 5) is 18.7. The number of nitrogens with one attached hydrogen (secondary N) is 1. The summed E-state index contributed by atoms with van der Waals surface area (Å²) in [7, 11) is 0. The SMILES string of the molecule is Cc1cnccc1CNC(=O)N1C[C@@H](c2ccccc2C)OC[C@@H]1C. The molecule has 0 unspecified atom stereocenters. The van der Waals surface area contributed by atoms with Crippen LogP contribution in [-0.4, -0.2) is 35.1 Å². The zero-order chi connectivity index (χ0) is 17.8. The number of hydrogen-bond donors (Lipinski definition) is 1. The van der Waals surface area contributed by atoms with Gasteiger partial charge in [0.15, 0.2) is 0 Å². The first-order valence-corrected chi connectivity index (χ1v) is 8.67. The summed E-state index contributed by atoms with van der Waals surface area (Å²) in [6.07, 6.45) is 3.48. The second kappa shape index (κ2) is 7.66. The van der Waals surface area contributed by atoms with Gasteiger partial charge in [-0.15, -0.1) is 0 Å². The number of amides is 2. The number of carbonyl (C=O) groups excluding carboxylic acids is 1. The van der Waals surface area contributed by atoms with Gasteiger partial charge in [-0.05, 0) is 49.1 Å². The molecule has 132 valence electrons. The van der Waals surface area contributed by atoms with E-state index in [1.807, 2.05) is 43.1 Å². The van der Waals surface area contributed by atoms with Gasteiger partial charge < -0.3 is 15.0 Å². The lowest BCUT2D eigenvalue weighted by molar-refractivity contribution is -0.0430. The molecule has 5 nitrogen and oxygen atoms in total. The molecule has 0 spiro atoms. The third kappa shape index (κ3) is 3.99. The molecule has 0 radical (unpaired) electrons. The molecule has 1 aliphatic rings. The Labute approximate surface area is 149 Å². The van der Waals surface area contributed by atoms with E-state index in [0.717, 1.165) is 16.7 Å². The Balaban J connectivity index is 1.66. The van der Waals surface area contributed by atoms with Gasteiger partial charge in [0.05, 0.1) is 19.2 Å². The van der Waals surface area contributed by atoms with Crippen LogP contribution in [0.4, 0.5) is 4.79 Å². The average Bonchev–Trinajstić information content (AvgIpc) is 2.62. The molecule has 1 aromatic heterocycles. The minimum atomic E-state index is -0.0780. The largest absolute Gasteiger partial charge is 0.370 e. The second-order valence-corrected chi connectivity index (χ2v) is 6.64. The zero-order valence-corrected chi connectivity index (χ0v) is 15.0. The van der Waals surface area contributed by atoms with Crippen LogP contribution in [0, 0.1) is 13.8 Å². The number of morpholine rings is 1. The van der Waals surface area contributed by atoms with E-state index in [4.69, 9.17) is 4.74 Å². The number of hydrogen-bond acceptors (Lipinski definition) is 3. The van der Waals surface area contributed by atoms with Crippen molar-refractivity contribution in [3.8, 4) is 0 Å². The number of carbonyl (C=O) groups is 1. The molecule has 1 aromatic carbocycles. The Morgan fingerprint density at radius 3 is 2.84 bits per heavy atom. The van der Waals surface area contributed by atoms with Crippen LogP contribution in [-0.2, 0) is 11.3 Å². The highest BCUT2D eigenvalue weighted by molar-refractivity contribution is 5.74. The van der Waals surface area contributed by atoms with Crippen LogP contribution in [0.5, 0.6) is 0 Å². The fraction of sp³-hybridized carbons (Fsp3) is 0.400. The van der Waals surface area contributed by atoms with Gasteiger partial charge in [-0.2, -0.15) is 0 Å². The number of rotatable bonds is 3.